The summed E-state index contributed by atoms with van der Waals surface area (Å²) in [4.78, 5) is 14.0. The predicted molar refractivity (Wildman–Crippen MR) is 74.3 cm³/mol. The molecule has 0 saturated heterocycles. The van der Waals surface area contributed by atoms with Crippen LogP contribution in [0.15, 0.2) is 0 Å². The highest BCUT2D eigenvalue weighted by Gasteiger charge is 2.39. The summed E-state index contributed by atoms with van der Waals surface area (Å²) in [7, 11) is 4.16. The van der Waals surface area contributed by atoms with Crippen molar-refractivity contribution in [3.8, 4) is 0 Å². The lowest BCUT2D eigenvalue weighted by molar-refractivity contribution is -0.123. The average Bonchev–Trinajstić information content (AvgIpc) is 2.23. The molecule has 0 aromatic rings. The first-order valence-corrected chi connectivity index (χ1v) is 7.61. The summed E-state index contributed by atoms with van der Waals surface area (Å²) in [5.74, 6) is 0.931. The Morgan fingerprint density at radius 2 is 2.18 bits per heavy atom. The van der Waals surface area contributed by atoms with Crippen molar-refractivity contribution < 1.29 is 4.79 Å². The van der Waals surface area contributed by atoms with E-state index in [0.29, 0.717) is 0 Å². The van der Waals surface area contributed by atoms with Crippen molar-refractivity contribution in [2.45, 2.75) is 37.3 Å². The van der Waals surface area contributed by atoms with Gasteiger partial charge in [-0.3, -0.25) is 4.79 Å². The van der Waals surface area contributed by atoms with Gasteiger partial charge in [0.15, 0.2) is 0 Å². The highest BCUT2D eigenvalue weighted by Crippen LogP contribution is 2.35. The minimum atomic E-state index is -0.360. The molecule has 0 aromatic heterocycles. The van der Waals surface area contributed by atoms with Crippen LogP contribution in [-0.4, -0.2) is 55.0 Å². The molecule has 0 spiro atoms. The lowest BCUT2D eigenvalue weighted by atomic mass is 9.75. The van der Waals surface area contributed by atoms with Crippen LogP contribution in [0.2, 0.25) is 0 Å². The van der Waals surface area contributed by atoms with Gasteiger partial charge in [0.2, 0.25) is 5.91 Å². The molecule has 100 valence electrons. The van der Waals surface area contributed by atoms with Gasteiger partial charge in [-0.25, -0.2) is 0 Å². The Labute approximate surface area is 109 Å². The molecule has 1 fully saturated rings. The number of carbonyl (C=O) groups excluding carboxylic acids is 1. The Morgan fingerprint density at radius 1 is 1.53 bits per heavy atom. The van der Waals surface area contributed by atoms with E-state index in [1.165, 1.54) is 19.3 Å². The molecule has 17 heavy (non-hydrogen) atoms. The molecule has 4 nitrogen and oxygen atoms in total. The first kappa shape index (κ1) is 14.8. The molecule has 0 aliphatic heterocycles. The van der Waals surface area contributed by atoms with Gasteiger partial charge >= 0.3 is 0 Å². The van der Waals surface area contributed by atoms with E-state index < -0.39 is 0 Å². The van der Waals surface area contributed by atoms with Gasteiger partial charge in [-0.05, 0) is 51.8 Å². The number of nitrogens with two attached hydrogens (primary N) is 1. The van der Waals surface area contributed by atoms with E-state index in [1.807, 2.05) is 6.26 Å². The minimum absolute atomic E-state index is 0.00725. The summed E-state index contributed by atoms with van der Waals surface area (Å²) < 4.78 is 0. The third-order valence-corrected chi connectivity index (χ3v) is 4.44. The van der Waals surface area contributed by atoms with E-state index in [9.17, 15) is 4.79 Å². The SMILES string of the molecule is CSCC[C@H](N)C(=O)NCC1(N(C)C)CCC1. The molecule has 0 unspecified atom stereocenters. The van der Waals surface area contributed by atoms with Gasteiger partial charge in [0.1, 0.15) is 0 Å². The number of amides is 1. The van der Waals surface area contributed by atoms with E-state index in [0.717, 1.165) is 18.7 Å². The van der Waals surface area contributed by atoms with Crippen molar-refractivity contribution in [3.05, 3.63) is 0 Å². The fourth-order valence-corrected chi connectivity index (χ4v) is 2.62. The maximum atomic E-state index is 11.8. The zero-order valence-corrected chi connectivity index (χ0v) is 12.0. The van der Waals surface area contributed by atoms with Crippen LogP contribution in [0.1, 0.15) is 25.7 Å². The van der Waals surface area contributed by atoms with E-state index >= 15 is 0 Å². The quantitative estimate of drug-likeness (QED) is 0.705. The molecule has 1 aliphatic carbocycles. The normalized spacial score (nSPS) is 19.8. The minimum Gasteiger partial charge on any atom is -0.353 e. The van der Waals surface area contributed by atoms with Crippen molar-refractivity contribution in [2.75, 3.05) is 32.6 Å². The lowest BCUT2D eigenvalue weighted by Gasteiger charge is -2.47. The maximum Gasteiger partial charge on any atom is 0.237 e. The fourth-order valence-electron chi connectivity index (χ4n) is 2.13. The molecule has 1 saturated carbocycles. The van der Waals surface area contributed by atoms with E-state index in [2.05, 4.69) is 24.3 Å². The molecule has 5 heteroatoms. The van der Waals surface area contributed by atoms with Crippen LogP contribution in [0.5, 0.6) is 0 Å². The van der Waals surface area contributed by atoms with Gasteiger partial charge in [-0.15, -0.1) is 0 Å². The third-order valence-electron chi connectivity index (χ3n) is 3.79. The van der Waals surface area contributed by atoms with Gasteiger partial charge in [0, 0.05) is 12.1 Å². The highest BCUT2D eigenvalue weighted by molar-refractivity contribution is 7.98. The van der Waals surface area contributed by atoms with Crippen molar-refractivity contribution in [1.82, 2.24) is 10.2 Å². The Balaban J connectivity index is 2.31. The third kappa shape index (κ3) is 3.86. The molecule has 0 radical (unpaired) electrons. The fraction of sp³-hybridized carbons (Fsp3) is 0.917. The molecule has 1 aliphatic rings. The number of hydrogen-bond donors (Lipinski definition) is 2. The van der Waals surface area contributed by atoms with Gasteiger partial charge in [-0.1, -0.05) is 0 Å². The Kier molecular flexibility index (Phi) is 5.76. The second-order valence-corrected chi connectivity index (χ2v) is 6.06. The van der Waals surface area contributed by atoms with Crippen LogP contribution >= 0.6 is 11.8 Å². The standard InChI is InChI=1S/C12H25N3OS/c1-15(2)12(6-4-7-12)9-14-11(16)10(13)5-8-17-3/h10H,4-9,13H2,1-3H3,(H,14,16)/t10-/m0/s1. The molecule has 0 heterocycles. The monoisotopic (exact) mass is 259 g/mol. The highest BCUT2D eigenvalue weighted by atomic mass is 32.2. The summed E-state index contributed by atoms with van der Waals surface area (Å²) in [5.41, 5.74) is 6.00. The largest absolute Gasteiger partial charge is 0.353 e. The van der Waals surface area contributed by atoms with E-state index in [-0.39, 0.29) is 17.5 Å². The smallest absolute Gasteiger partial charge is 0.237 e. The van der Waals surface area contributed by atoms with Crippen LogP contribution in [-0.2, 0) is 4.79 Å². The summed E-state index contributed by atoms with van der Waals surface area (Å²) in [6.07, 6.45) is 6.37. The topological polar surface area (TPSA) is 58.4 Å². The molecule has 0 bridgehead atoms. The van der Waals surface area contributed by atoms with Gasteiger partial charge in [0.25, 0.3) is 0 Å². The van der Waals surface area contributed by atoms with Crippen molar-refractivity contribution in [3.63, 3.8) is 0 Å². The van der Waals surface area contributed by atoms with Crippen molar-refractivity contribution >= 4 is 17.7 Å². The van der Waals surface area contributed by atoms with E-state index in [4.69, 9.17) is 5.73 Å². The molecule has 0 aromatic carbocycles. The van der Waals surface area contributed by atoms with Crippen LogP contribution in [0.3, 0.4) is 0 Å². The second-order valence-electron chi connectivity index (χ2n) is 5.08. The molecule has 3 N–H and O–H groups in total. The molecular weight excluding hydrogens is 234 g/mol. The van der Waals surface area contributed by atoms with Crippen molar-refractivity contribution in [2.24, 2.45) is 5.73 Å². The number of rotatable bonds is 7. The zero-order valence-electron chi connectivity index (χ0n) is 11.2. The van der Waals surface area contributed by atoms with Crippen LogP contribution in [0, 0.1) is 0 Å². The maximum absolute atomic E-state index is 11.8. The summed E-state index contributed by atoms with van der Waals surface area (Å²) in [5, 5.41) is 3.00. The molecular formula is C12H25N3OS. The second kappa shape index (κ2) is 6.61. The number of nitrogens with one attached hydrogen (secondary N) is 1. The Hall–Kier alpha value is -0.260. The van der Waals surface area contributed by atoms with Gasteiger partial charge in [-0.2, -0.15) is 11.8 Å². The van der Waals surface area contributed by atoms with Gasteiger partial charge < -0.3 is 16.0 Å². The molecule has 1 amide bonds. The summed E-state index contributed by atoms with van der Waals surface area (Å²) >= 11 is 1.72. The van der Waals surface area contributed by atoms with Crippen molar-refractivity contribution in [1.29, 1.82) is 0 Å². The zero-order chi connectivity index (χ0) is 12.9. The van der Waals surface area contributed by atoms with Gasteiger partial charge in [0.05, 0.1) is 6.04 Å². The predicted octanol–water partition coefficient (Wildman–Crippen LogP) is 0.667. The van der Waals surface area contributed by atoms with Crippen LogP contribution in [0.25, 0.3) is 0 Å². The average molecular weight is 259 g/mol. The summed E-state index contributed by atoms with van der Waals surface area (Å²) in [6.45, 7) is 0.728. The van der Waals surface area contributed by atoms with Crippen LogP contribution < -0.4 is 11.1 Å². The lowest BCUT2D eigenvalue weighted by Crippen LogP contribution is -2.58. The number of nitrogens with zero attached hydrogens (tertiary/aromatic N) is 1. The first-order chi connectivity index (χ1) is 8.02. The number of likely N-dealkylation sites (N-methyl/N-ethyl adjacent to an activating group) is 1. The Morgan fingerprint density at radius 3 is 2.59 bits per heavy atom. The number of carbonyl (C=O) groups is 1. The molecule has 1 atom stereocenters. The number of thioether (sulfide) groups is 1. The van der Waals surface area contributed by atoms with Crippen LogP contribution in [0.4, 0.5) is 0 Å². The Bertz CT molecular complexity index is 254. The van der Waals surface area contributed by atoms with E-state index in [1.54, 1.807) is 11.8 Å². The molecule has 1 rings (SSSR count). The summed E-state index contributed by atoms with van der Waals surface area (Å²) in [6, 6.07) is -0.360. The first-order valence-electron chi connectivity index (χ1n) is 6.21. The number of hydrogen-bond acceptors (Lipinski definition) is 4.